The number of hydrogen-bond acceptors (Lipinski definition) is 4. The van der Waals surface area contributed by atoms with Crippen LogP contribution in [0.3, 0.4) is 0 Å². The Morgan fingerprint density at radius 1 is 1.27 bits per heavy atom. The van der Waals surface area contributed by atoms with E-state index in [-0.39, 0.29) is 5.54 Å². The fourth-order valence-electron chi connectivity index (χ4n) is 3.58. The van der Waals surface area contributed by atoms with Gasteiger partial charge in [-0.05, 0) is 44.2 Å². The fraction of sp³-hybridized carbons (Fsp3) is 0.667. The lowest BCUT2D eigenvalue weighted by atomic mass is 9.88. The van der Waals surface area contributed by atoms with Crippen molar-refractivity contribution < 1.29 is 8.78 Å². The molecule has 0 saturated carbocycles. The number of aromatic nitrogens is 4. The Labute approximate surface area is 128 Å². The first-order valence-corrected chi connectivity index (χ1v) is 7.69. The molecule has 1 fully saturated rings. The molecule has 1 aliphatic heterocycles. The van der Waals surface area contributed by atoms with Crippen molar-refractivity contribution >= 4 is 11.5 Å². The number of rotatable bonds is 4. The number of hydrogen-bond donors (Lipinski definition) is 0. The molecule has 0 aliphatic carbocycles. The summed E-state index contributed by atoms with van der Waals surface area (Å²) in [6.45, 7) is 7.53. The van der Waals surface area contributed by atoms with E-state index >= 15 is 0 Å². The third-order valence-corrected chi connectivity index (χ3v) is 4.34. The highest BCUT2D eigenvalue weighted by Gasteiger charge is 2.38. The van der Waals surface area contributed by atoms with Gasteiger partial charge in [0.1, 0.15) is 5.82 Å². The van der Waals surface area contributed by atoms with Crippen molar-refractivity contribution in [2.45, 2.75) is 52.0 Å². The predicted octanol–water partition coefficient (Wildman–Crippen LogP) is 3.47. The van der Waals surface area contributed by atoms with Gasteiger partial charge in [-0.1, -0.05) is 13.8 Å². The Morgan fingerprint density at radius 2 is 2.05 bits per heavy atom. The van der Waals surface area contributed by atoms with Crippen molar-refractivity contribution in [1.82, 2.24) is 19.8 Å². The molecule has 1 aliphatic rings. The van der Waals surface area contributed by atoms with E-state index in [0.717, 1.165) is 36.1 Å². The molecule has 0 bridgehead atoms. The molecule has 0 unspecified atom stereocenters. The highest BCUT2D eigenvalue weighted by Crippen LogP contribution is 2.37. The molecule has 0 spiro atoms. The molecule has 0 aromatic carbocycles. The van der Waals surface area contributed by atoms with Crippen LogP contribution in [0.25, 0.3) is 5.65 Å². The molecular formula is C15H21F2N5. The van der Waals surface area contributed by atoms with E-state index in [0.29, 0.717) is 11.6 Å². The van der Waals surface area contributed by atoms with Gasteiger partial charge in [0.2, 0.25) is 5.82 Å². The van der Waals surface area contributed by atoms with Gasteiger partial charge >= 0.3 is 0 Å². The molecule has 7 heteroatoms. The fourth-order valence-corrected chi connectivity index (χ4v) is 3.58. The van der Waals surface area contributed by atoms with Gasteiger partial charge in [0.25, 0.3) is 6.43 Å². The maximum atomic E-state index is 13.0. The maximum absolute atomic E-state index is 13.0. The van der Waals surface area contributed by atoms with Crippen LogP contribution >= 0.6 is 0 Å². The summed E-state index contributed by atoms with van der Waals surface area (Å²) in [5.74, 6) is 0.886. The molecule has 0 radical (unpaired) electrons. The second-order valence-corrected chi connectivity index (χ2v) is 6.67. The van der Waals surface area contributed by atoms with E-state index in [2.05, 4.69) is 41.0 Å². The van der Waals surface area contributed by atoms with Gasteiger partial charge in [0.05, 0.1) is 0 Å². The third kappa shape index (κ3) is 2.53. The molecule has 2 aromatic rings. The van der Waals surface area contributed by atoms with Crippen LogP contribution in [0.5, 0.6) is 0 Å². The van der Waals surface area contributed by atoms with Crippen molar-refractivity contribution in [3.63, 3.8) is 0 Å². The summed E-state index contributed by atoms with van der Waals surface area (Å²) in [7, 11) is 0. The summed E-state index contributed by atoms with van der Waals surface area (Å²) in [6.07, 6.45) is 0.552. The normalized spacial score (nSPS) is 22.4. The number of halogens is 2. The highest BCUT2D eigenvalue weighted by molar-refractivity contribution is 5.48. The zero-order chi connectivity index (χ0) is 15.9. The molecule has 1 atom stereocenters. The first kappa shape index (κ1) is 15.1. The standard InChI is InChI=1S/C15H21F2N5/c1-10(2)9-15(3)7-4-8-21(15)12-6-5-11-18-19-14(13(16)17)22(11)20-12/h5-6,10,13H,4,7-9H2,1-3H3/t15-/m0/s1. The lowest BCUT2D eigenvalue weighted by molar-refractivity contribution is 0.137. The molecular weight excluding hydrogens is 288 g/mol. The highest BCUT2D eigenvalue weighted by atomic mass is 19.3. The minimum Gasteiger partial charge on any atom is -0.350 e. The van der Waals surface area contributed by atoms with Gasteiger partial charge in [-0.3, -0.25) is 0 Å². The zero-order valence-electron chi connectivity index (χ0n) is 13.1. The van der Waals surface area contributed by atoms with E-state index in [1.54, 1.807) is 6.07 Å². The van der Waals surface area contributed by atoms with Crippen molar-refractivity contribution in [2.24, 2.45) is 5.92 Å². The molecule has 3 rings (SSSR count). The van der Waals surface area contributed by atoms with E-state index in [1.807, 2.05) is 6.07 Å². The van der Waals surface area contributed by atoms with Crippen LogP contribution in [0.2, 0.25) is 0 Å². The van der Waals surface area contributed by atoms with Crippen LogP contribution in [0.1, 0.15) is 52.3 Å². The largest absolute Gasteiger partial charge is 0.350 e. The van der Waals surface area contributed by atoms with Gasteiger partial charge in [-0.2, -0.15) is 4.52 Å². The van der Waals surface area contributed by atoms with Crippen molar-refractivity contribution in [2.75, 3.05) is 11.4 Å². The average Bonchev–Trinajstić information content (AvgIpc) is 3.00. The Hall–Kier alpha value is -1.79. The lowest BCUT2D eigenvalue weighted by Gasteiger charge is -2.37. The van der Waals surface area contributed by atoms with Crippen LogP contribution in [-0.4, -0.2) is 31.9 Å². The monoisotopic (exact) mass is 309 g/mol. The zero-order valence-corrected chi connectivity index (χ0v) is 13.1. The van der Waals surface area contributed by atoms with Crippen LogP contribution in [0.15, 0.2) is 12.1 Å². The Kier molecular flexibility index (Phi) is 3.74. The van der Waals surface area contributed by atoms with Crippen molar-refractivity contribution in [1.29, 1.82) is 0 Å². The van der Waals surface area contributed by atoms with Crippen LogP contribution in [0.4, 0.5) is 14.6 Å². The van der Waals surface area contributed by atoms with Crippen LogP contribution < -0.4 is 4.90 Å². The van der Waals surface area contributed by atoms with Gasteiger partial charge in [-0.25, -0.2) is 8.78 Å². The maximum Gasteiger partial charge on any atom is 0.299 e. The molecule has 2 aromatic heterocycles. The van der Waals surface area contributed by atoms with Crippen molar-refractivity contribution in [3.05, 3.63) is 18.0 Å². The molecule has 0 N–H and O–H groups in total. The average molecular weight is 309 g/mol. The van der Waals surface area contributed by atoms with Gasteiger partial charge in [0.15, 0.2) is 5.65 Å². The summed E-state index contributed by atoms with van der Waals surface area (Å²) in [5.41, 5.74) is 0.372. The topological polar surface area (TPSA) is 46.3 Å². The van der Waals surface area contributed by atoms with Gasteiger partial charge < -0.3 is 4.90 Å². The SMILES string of the molecule is CC(C)C[C@]1(C)CCCN1c1ccc2nnc(C(F)F)n2n1. The van der Waals surface area contributed by atoms with Crippen molar-refractivity contribution in [3.8, 4) is 0 Å². The quantitative estimate of drug-likeness (QED) is 0.867. The molecule has 3 heterocycles. The number of nitrogens with zero attached hydrogens (tertiary/aromatic N) is 5. The summed E-state index contributed by atoms with van der Waals surface area (Å²) >= 11 is 0. The predicted molar refractivity (Wildman–Crippen MR) is 80.2 cm³/mol. The molecule has 0 amide bonds. The number of alkyl halides is 2. The van der Waals surface area contributed by atoms with Crippen LogP contribution in [0, 0.1) is 5.92 Å². The molecule has 22 heavy (non-hydrogen) atoms. The van der Waals surface area contributed by atoms with E-state index in [4.69, 9.17) is 0 Å². The van der Waals surface area contributed by atoms with Gasteiger partial charge in [-0.15, -0.1) is 15.3 Å². The summed E-state index contributed by atoms with van der Waals surface area (Å²) in [6, 6.07) is 3.55. The van der Waals surface area contributed by atoms with Gasteiger partial charge in [0, 0.05) is 12.1 Å². The molecule has 120 valence electrons. The van der Waals surface area contributed by atoms with E-state index in [9.17, 15) is 8.78 Å². The Bertz CT molecular complexity index is 669. The van der Waals surface area contributed by atoms with E-state index < -0.39 is 12.2 Å². The second kappa shape index (κ2) is 5.44. The molecule has 1 saturated heterocycles. The first-order valence-electron chi connectivity index (χ1n) is 7.69. The summed E-state index contributed by atoms with van der Waals surface area (Å²) < 4.78 is 27.1. The smallest absolute Gasteiger partial charge is 0.299 e. The third-order valence-electron chi connectivity index (χ3n) is 4.34. The Morgan fingerprint density at radius 3 is 2.73 bits per heavy atom. The Balaban J connectivity index is 2.00. The van der Waals surface area contributed by atoms with Crippen LogP contribution in [-0.2, 0) is 0 Å². The molecule has 5 nitrogen and oxygen atoms in total. The number of anilines is 1. The lowest BCUT2D eigenvalue weighted by Crippen LogP contribution is -2.43. The number of fused-ring (bicyclic) bond motifs is 1. The second-order valence-electron chi connectivity index (χ2n) is 6.67. The van der Waals surface area contributed by atoms with E-state index in [1.165, 1.54) is 0 Å². The minimum atomic E-state index is -2.68. The first-order chi connectivity index (χ1) is 10.4. The minimum absolute atomic E-state index is 0.0217. The summed E-state index contributed by atoms with van der Waals surface area (Å²) in [4.78, 5) is 2.24. The summed E-state index contributed by atoms with van der Waals surface area (Å²) in [5, 5.41) is 11.7.